The number of carboxylic acid groups (broad SMARTS) is 2. The number of ether oxygens (including phenoxy) is 4. The Kier molecular flexibility index (Phi) is 25.2. The number of aromatic carboxylic acids is 2. The fraction of sp³-hybridized carbons (Fsp3) is 0.144. The van der Waals surface area contributed by atoms with E-state index in [0.29, 0.717) is 90.7 Å². The molecular formula is C111H89F5N8O14S. The molecule has 20 aromatic rings. The number of fused-ring (bicyclic) bond motifs is 8. The summed E-state index contributed by atoms with van der Waals surface area (Å²) in [6, 6.07) is 80.5. The largest absolute Gasteiger partial charge is 0.488 e. The highest BCUT2D eigenvalue weighted by molar-refractivity contribution is 8.01. The van der Waals surface area contributed by atoms with Gasteiger partial charge < -0.3 is 42.4 Å². The van der Waals surface area contributed by atoms with Gasteiger partial charge in [0.05, 0.1) is 76.0 Å². The van der Waals surface area contributed by atoms with Gasteiger partial charge in [-0.25, -0.2) is 29.5 Å². The first-order chi connectivity index (χ1) is 66.7. The molecule has 0 bridgehead atoms. The zero-order valence-electron chi connectivity index (χ0n) is 76.6. The van der Waals surface area contributed by atoms with Crippen molar-refractivity contribution >= 4 is 109 Å². The molecule has 1 aliphatic carbocycles. The highest BCUT2D eigenvalue weighted by Gasteiger charge is 2.41. The monoisotopic (exact) mass is 1880 g/mol. The number of carboxylic acids is 2. The Hall–Kier alpha value is -16.8. The molecule has 0 radical (unpaired) electrons. The van der Waals surface area contributed by atoms with Crippen LogP contribution in [0.25, 0.3) is 139 Å². The summed E-state index contributed by atoms with van der Waals surface area (Å²) >= 11 is 0. The number of furan rings is 3. The van der Waals surface area contributed by atoms with Crippen LogP contribution in [0.2, 0.25) is 0 Å². The molecule has 0 saturated heterocycles. The second-order valence-electron chi connectivity index (χ2n) is 34.0. The van der Waals surface area contributed by atoms with E-state index in [2.05, 4.69) is 31.0 Å². The normalized spacial score (nSPS) is 12.8. The molecule has 0 saturated carbocycles. The molecule has 21 rings (SSSR count). The number of rotatable bonds is 20. The number of aromatic amines is 4. The minimum absolute atomic E-state index is 0.00694. The highest BCUT2D eigenvalue weighted by Crippen LogP contribution is 2.47. The number of nitrogens with zero attached hydrogens (tertiary/aromatic N) is 4. The number of benzene rings is 11. The summed E-state index contributed by atoms with van der Waals surface area (Å²) in [5.74, 6) is 3.96. The number of alkyl halides is 5. The second-order valence-corrected chi connectivity index (χ2v) is 36.3. The number of carbonyl (C=O) groups is 2. The molecule has 9 aromatic heterocycles. The lowest BCUT2D eigenvalue weighted by Gasteiger charge is -2.19. The van der Waals surface area contributed by atoms with Gasteiger partial charge in [0.25, 0.3) is 11.1 Å². The molecule has 139 heavy (non-hydrogen) atoms. The predicted molar refractivity (Wildman–Crippen MR) is 530 cm³/mol. The van der Waals surface area contributed by atoms with E-state index in [1.165, 1.54) is 42.0 Å². The molecular weight excluding hydrogens is 1800 g/mol. The first-order valence-electron chi connectivity index (χ1n) is 44.3. The summed E-state index contributed by atoms with van der Waals surface area (Å²) in [6.45, 7) is 16.5. The Morgan fingerprint density at radius 3 is 1.29 bits per heavy atom. The Labute approximate surface area is 791 Å². The third-order valence-electron chi connectivity index (χ3n) is 24.8. The minimum Gasteiger partial charge on any atom is -0.488 e. The smallest absolute Gasteiger partial charge is 0.467 e. The zero-order chi connectivity index (χ0) is 97.7. The van der Waals surface area contributed by atoms with E-state index in [-0.39, 0.29) is 63.3 Å². The lowest BCUT2D eigenvalue weighted by Crippen LogP contribution is -2.22. The molecule has 22 nitrogen and oxygen atoms in total. The zero-order valence-corrected chi connectivity index (χ0v) is 77.5. The number of aryl methyl sites for hydroxylation is 7. The first kappa shape index (κ1) is 92.7. The molecule has 3 atom stereocenters. The van der Waals surface area contributed by atoms with Gasteiger partial charge in [-0.05, 0) is 217 Å². The molecule has 698 valence electrons. The molecule has 0 amide bonds. The molecule has 9 heterocycles. The topological polar surface area (TPSA) is 317 Å². The van der Waals surface area contributed by atoms with Crippen molar-refractivity contribution in [2.24, 2.45) is 0 Å². The Morgan fingerprint density at radius 1 is 0.439 bits per heavy atom. The lowest BCUT2D eigenvalue weighted by atomic mass is 9.97. The maximum atomic E-state index is 13.1. The lowest BCUT2D eigenvalue weighted by molar-refractivity contribution is -0.0498. The predicted octanol–water partition coefficient (Wildman–Crippen LogP) is 26.5. The number of hydrogen-bond donors (Lipinski definition) is 6. The van der Waals surface area contributed by atoms with E-state index in [4.69, 9.17) is 47.4 Å². The van der Waals surface area contributed by atoms with E-state index in [1.807, 2.05) is 250 Å². The van der Waals surface area contributed by atoms with Crippen molar-refractivity contribution in [1.82, 2.24) is 40.3 Å². The first-order valence-corrected chi connectivity index (χ1v) is 46.0. The number of nitrogens with one attached hydrogen (secondary N) is 4. The number of para-hydroxylation sites is 3. The van der Waals surface area contributed by atoms with Gasteiger partial charge >= 0.3 is 24.1 Å². The van der Waals surface area contributed by atoms with Crippen LogP contribution < -0.4 is 30.1 Å². The maximum absolute atomic E-state index is 13.1. The van der Waals surface area contributed by atoms with Crippen molar-refractivity contribution < 1.29 is 78.2 Å². The molecule has 0 aliphatic heterocycles. The van der Waals surface area contributed by atoms with Crippen LogP contribution in [0.4, 0.5) is 22.0 Å². The summed E-state index contributed by atoms with van der Waals surface area (Å²) in [6.07, 6.45) is 0.438. The van der Waals surface area contributed by atoms with Crippen LogP contribution in [0.5, 0.6) is 23.0 Å². The number of halogens is 5. The summed E-state index contributed by atoms with van der Waals surface area (Å²) in [5, 5.41) is 36.4. The van der Waals surface area contributed by atoms with Crippen LogP contribution in [-0.2, 0) is 22.5 Å². The van der Waals surface area contributed by atoms with Crippen molar-refractivity contribution in [3.63, 3.8) is 0 Å². The molecule has 1 unspecified atom stereocenters. The Morgan fingerprint density at radius 2 is 0.856 bits per heavy atom. The van der Waals surface area contributed by atoms with Crippen LogP contribution in [-0.4, -0.2) is 84.7 Å². The van der Waals surface area contributed by atoms with Gasteiger partial charge in [-0.1, -0.05) is 175 Å². The quantitative estimate of drug-likeness (QED) is 0.0305. The van der Waals surface area contributed by atoms with Crippen LogP contribution >= 0.6 is 0 Å². The number of hydrogen-bond acceptors (Lipinski definition) is 16. The number of pyridine rings is 4. The van der Waals surface area contributed by atoms with Gasteiger partial charge in [0.1, 0.15) is 75.6 Å². The molecule has 11 aromatic carbocycles. The summed E-state index contributed by atoms with van der Waals surface area (Å²) in [5.41, 5.74) is 17.7. The van der Waals surface area contributed by atoms with Crippen molar-refractivity contribution in [3.05, 3.63) is 377 Å². The molecule has 28 heteroatoms. The second kappa shape index (κ2) is 37.8. The maximum Gasteiger partial charge on any atom is 0.467 e. The van der Waals surface area contributed by atoms with E-state index >= 15 is 0 Å². The molecule has 0 spiro atoms. The standard InChI is InChI=1S/2C30H25N3O3.C29H22F3NO5S.C22H17F2NO3/c2*1-17-13-14-26(35-19(3)20-9-5-4-6-10-20)28-22(23-16-27(34)33-32-23)15-24(31-29(17)28)30-18(2)21-11-7-8-12-25(21)36-30;1-16-8-13-24(37-15-18-9-11-19(12-10-18)39(3,36)29(30,31)32)25-21(28(34)35)14-22(33-26(16)25)27-17(2)20-6-4-5-7-23(20)38-27;1-11-7-13-5-3-4-6-15(13)19(11)18-10-17(21(26)27)16-9-14(28-22(23)24)8-12(2)20(16)25-18/h2*4-16,19H,1-3H3,(H2,32,33,34);4-14H,3,15H2,1-2H3,(H,34,35);3-6,8-10,22H,7H2,1-2H3,(H,26,27)/t2*19-;;/m10../s1. The number of H-pyrrole nitrogens is 4. The van der Waals surface area contributed by atoms with Crippen molar-refractivity contribution in [1.29, 1.82) is 0 Å². The molecule has 1 aliphatic rings. The highest BCUT2D eigenvalue weighted by atomic mass is 32.2. The van der Waals surface area contributed by atoms with Gasteiger partial charge in [0.2, 0.25) is 0 Å². The summed E-state index contributed by atoms with van der Waals surface area (Å²) in [4.78, 5) is 67.6. The van der Waals surface area contributed by atoms with Crippen molar-refractivity contribution in [3.8, 4) is 79.9 Å². The molecule has 0 fully saturated rings. The van der Waals surface area contributed by atoms with Gasteiger partial charge in [-0.3, -0.25) is 34.2 Å². The minimum atomic E-state index is -4.97. The average molecular weight is 1890 g/mol. The fourth-order valence-electron chi connectivity index (χ4n) is 17.7. The average Bonchev–Trinajstić information content (AvgIpc) is 1.02. The summed E-state index contributed by atoms with van der Waals surface area (Å²) < 4.78 is 118. The third kappa shape index (κ3) is 18.4. The van der Waals surface area contributed by atoms with Gasteiger partial charge in [-0.15, -0.1) is 0 Å². The van der Waals surface area contributed by atoms with Crippen LogP contribution in [0.15, 0.2) is 300 Å². The van der Waals surface area contributed by atoms with E-state index in [9.17, 15) is 55.6 Å². The fourth-order valence-corrected chi connectivity index (χ4v) is 18.5. The van der Waals surface area contributed by atoms with Crippen molar-refractivity contribution in [2.75, 3.05) is 0 Å². The number of allylic oxidation sites excluding steroid dienone is 1. The van der Waals surface area contributed by atoms with Crippen LogP contribution in [0, 0.1) is 48.5 Å². The van der Waals surface area contributed by atoms with Crippen LogP contribution in [0.1, 0.15) is 126 Å². The van der Waals surface area contributed by atoms with Crippen LogP contribution in [0.3, 0.4) is 0 Å². The molecule has 6 N–H and O–H groups in total. The summed E-state index contributed by atoms with van der Waals surface area (Å²) in [7, 11) is -4.47. The van der Waals surface area contributed by atoms with Gasteiger partial charge in [0, 0.05) is 72.0 Å². The van der Waals surface area contributed by atoms with E-state index in [0.717, 1.165) is 140 Å². The Bertz CT molecular complexity index is 8260. The third-order valence-corrected chi connectivity index (χ3v) is 26.6. The van der Waals surface area contributed by atoms with E-state index < -0.39 is 38.5 Å². The number of aromatic nitrogens is 8. The Balaban J connectivity index is 0.000000124. The van der Waals surface area contributed by atoms with Crippen molar-refractivity contribution in [2.45, 2.75) is 111 Å². The van der Waals surface area contributed by atoms with E-state index in [1.54, 1.807) is 38.1 Å². The van der Waals surface area contributed by atoms with Gasteiger partial charge in [-0.2, -0.15) is 22.0 Å². The SMILES string of the molecule is C=S(=O)(c1ccc(COc2ccc(C)c3nc(-c4oc5ccccc5c4C)cc(C(=O)O)c23)cc1)C(F)(F)F.CC1=C(c2cc(C(=O)O)c3cc(OC(F)F)cc(C)c3n2)c2ccccc2C1.Cc1c(-c2cc(-c3cc(=O)[nH][nH]3)c3c(O[C@@H](C)c4ccccc4)ccc(C)c3n2)oc2ccccc12.Cc1c(-c2cc(-c3cc(=O)[nH][nH]3)c3c(O[C@H](C)c4ccccc4)ccc(C)c3n2)oc2ccccc12. The van der Waals surface area contributed by atoms with Gasteiger partial charge in [0.15, 0.2) is 17.3 Å².